The van der Waals surface area contributed by atoms with E-state index in [1.54, 1.807) is 36.4 Å². The minimum atomic E-state index is -0.557. The summed E-state index contributed by atoms with van der Waals surface area (Å²) in [6.07, 6.45) is 1.49. The number of nitrogens with zero attached hydrogens (tertiary/aromatic N) is 2. The summed E-state index contributed by atoms with van der Waals surface area (Å²) in [6.45, 7) is 0.607. The molecule has 136 valence electrons. The van der Waals surface area contributed by atoms with E-state index in [1.165, 1.54) is 23.1 Å². The van der Waals surface area contributed by atoms with Crippen LogP contribution in [0, 0.1) is 5.82 Å². The van der Waals surface area contributed by atoms with Gasteiger partial charge >= 0.3 is 5.76 Å². The average molecular weight is 366 g/mol. The van der Waals surface area contributed by atoms with Gasteiger partial charge in [-0.1, -0.05) is 24.3 Å². The molecule has 4 rings (SSSR count). The lowest BCUT2D eigenvalue weighted by Crippen LogP contribution is -2.16. The first-order valence-electron chi connectivity index (χ1n) is 8.25. The number of furan rings is 1. The number of rotatable bonds is 6. The molecule has 0 radical (unpaired) electrons. The fourth-order valence-electron chi connectivity index (χ4n) is 2.52. The van der Waals surface area contributed by atoms with Gasteiger partial charge in [-0.25, -0.2) is 9.18 Å². The molecule has 0 aliphatic rings. The molecule has 7 heteroatoms. The number of hydrogen-bond acceptors (Lipinski definition) is 5. The Morgan fingerprint density at radius 1 is 1.00 bits per heavy atom. The molecule has 4 aromatic rings. The van der Waals surface area contributed by atoms with Crippen molar-refractivity contribution in [3.63, 3.8) is 0 Å². The molecule has 0 fully saturated rings. The van der Waals surface area contributed by atoms with Gasteiger partial charge in [-0.05, 0) is 47.5 Å². The molecule has 0 spiro atoms. The number of hydrogen-bond donors (Lipinski definition) is 0. The lowest BCUT2D eigenvalue weighted by atomic mass is 10.2. The molecule has 0 aliphatic heterocycles. The molecule has 0 amide bonds. The summed E-state index contributed by atoms with van der Waals surface area (Å²) in [4.78, 5) is 11.9. The smallest absolute Gasteiger partial charge is 0.437 e. The van der Waals surface area contributed by atoms with Crippen LogP contribution >= 0.6 is 0 Å². The summed E-state index contributed by atoms with van der Waals surface area (Å²) in [5, 5.41) is 4.13. The fourth-order valence-corrected chi connectivity index (χ4v) is 2.52. The van der Waals surface area contributed by atoms with Crippen LogP contribution in [-0.2, 0) is 13.2 Å². The number of aromatic nitrogens is 2. The number of halogens is 1. The van der Waals surface area contributed by atoms with E-state index in [4.69, 9.17) is 13.6 Å². The molecular formula is C20H15FN2O4. The van der Waals surface area contributed by atoms with Crippen molar-refractivity contribution in [2.24, 2.45) is 0 Å². The largest absolute Gasteiger partial charge is 0.489 e. The molecule has 2 heterocycles. The van der Waals surface area contributed by atoms with Crippen molar-refractivity contribution in [1.82, 2.24) is 9.78 Å². The van der Waals surface area contributed by atoms with Crippen LogP contribution < -0.4 is 10.5 Å². The van der Waals surface area contributed by atoms with Gasteiger partial charge in [0.15, 0.2) is 5.76 Å². The molecule has 2 aromatic heterocycles. The van der Waals surface area contributed by atoms with Gasteiger partial charge in [0.1, 0.15) is 18.2 Å². The molecule has 0 saturated carbocycles. The number of benzene rings is 2. The van der Waals surface area contributed by atoms with E-state index >= 15 is 0 Å². The Morgan fingerprint density at radius 3 is 2.44 bits per heavy atom. The maximum Gasteiger partial charge on any atom is 0.437 e. The van der Waals surface area contributed by atoms with Crippen molar-refractivity contribution >= 4 is 0 Å². The molecular weight excluding hydrogens is 351 g/mol. The van der Waals surface area contributed by atoms with E-state index < -0.39 is 5.76 Å². The highest BCUT2D eigenvalue weighted by molar-refractivity contribution is 5.42. The van der Waals surface area contributed by atoms with Gasteiger partial charge in [-0.3, -0.25) is 0 Å². The summed E-state index contributed by atoms with van der Waals surface area (Å²) in [5.74, 6) is 0.380. The van der Waals surface area contributed by atoms with Gasteiger partial charge in [0, 0.05) is 0 Å². The molecule has 0 unspecified atom stereocenters. The van der Waals surface area contributed by atoms with Crippen molar-refractivity contribution in [3.05, 3.63) is 94.4 Å². The quantitative estimate of drug-likeness (QED) is 0.518. The normalized spacial score (nSPS) is 10.9. The van der Waals surface area contributed by atoms with E-state index in [-0.39, 0.29) is 18.3 Å². The van der Waals surface area contributed by atoms with Crippen LogP contribution in [0.2, 0.25) is 0 Å². The molecule has 0 atom stereocenters. The maximum absolute atomic E-state index is 12.9. The minimum Gasteiger partial charge on any atom is -0.489 e. The van der Waals surface area contributed by atoms with Crippen molar-refractivity contribution in [2.45, 2.75) is 13.2 Å². The zero-order chi connectivity index (χ0) is 18.6. The summed E-state index contributed by atoms with van der Waals surface area (Å²) in [7, 11) is 0. The van der Waals surface area contributed by atoms with Gasteiger partial charge in [0.25, 0.3) is 5.89 Å². The SMILES string of the molecule is O=c1oc(-c2ccco2)nn1Cc1ccc(OCc2ccc(F)cc2)cc1. The highest BCUT2D eigenvalue weighted by Gasteiger charge is 2.12. The Balaban J connectivity index is 1.41. The molecule has 2 aromatic carbocycles. The Bertz CT molecular complexity index is 1060. The van der Waals surface area contributed by atoms with Crippen molar-refractivity contribution in [1.29, 1.82) is 0 Å². The van der Waals surface area contributed by atoms with Crippen LogP contribution in [0.15, 0.2) is 80.6 Å². The van der Waals surface area contributed by atoms with Gasteiger partial charge in [0.05, 0.1) is 12.8 Å². The molecule has 0 saturated heterocycles. The minimum absolute atomic E-state index is 0.143. The molecule has 0 N–H and O–H groups in total. The third kappa shape index (κ3) is 3.98. The Morgan fingerprint density at radius 2 is 1.74 bits per heavy atom. The standard InChI is InChI=1S/C20H15FN2O4/c21-16-7-3-15(4-8-16)13-26-17-9-5-14(6-10-17)12-23-20(24)27-19(22-23)18-2-1-11-25-18/h1-11H,12-13H2. The summed E-state index contributed by atoms with van der Waals surface area (Å²) in [5.41, 5.74) is 1.74. The van der Waals surface area contributed by atoms with Crippen LogP contribution in [0.3, 0.4) is 0 Å². The van der Waals surface area contributed by atoms with Gasteiger partial charge < -0.3 is 13.6 Å². The molecule has 6 nitrogen and oxygen atoms in total. The average Bonchev–Trinajstić information content (AvgIpc) is 3.33. The first kappa shape index (κ1) is 16.8. The Kier molecular flexibility index (Phi) is 4.57. The van der Waals surface area contributed by atoms with Crippen LogP contribution in [0.25, 0.3) is 11.7 Å². The monoisotopic (exact) mass is 366 g/mol. The van der Waals surface area contributed by atoms with Gasteiger partial charge in [-0.2, -0.15) is 4.68 Å². The van der Waals surface area contributed by atoms with Crippen molar-refractivity contribution < 1.29 is 18.0 Å². The van der Waals surface area contributed by atoms with Crippen LogP contribution in [-0.4, -0.2) is 9.78 Å². The Labute approximate surface area is 153 Å². The van der Waals surface area contributed by atoms with Crippen molar-refractivity contribution in [3.8, 4) is 17.4 Å². The highest BCUT2D eigenvalue weighted by Crippen LogP contribution is 2.17. The molecule has 27 heavy (non-hydrogen) atoms. The van der Waals surface area contributed by atoms with Crippen LogP contribution in [0.4, 0.5) is 4.39 Å². The van der Waals surface area contributed by atoms with Crippen LogP contribution in [0.5, 0.6) is 5.75 Å². The topological polar surface area (TPSA) is 70.4 Å². The van der Waals surface area contributed by atoms with Gasteiger partial charge in [-0.15, -0.1) is 5.10 Å². The second-order valence-corrected chi connectivity index (χ2v) is 5.87. The highest BCUT2D eigenvalue weighted by atomic mass is 19.1. The molecule has 0 bridgehead atoms. The first-order chi connectivity index (χ1) is 13.2. The first-order valence-corrected chi connectivity index (χ1v) is 8.25. The van der Waals surface area contributed by atoms with Gasteiger partial charge in [0.2, 0.25) is 0 Å². The second kappa shape index (κ2) is 7.33. The zero-order valence-corrected chi connectivity index (χ0v) is 14.2. The predicted octanol–water partition coefficient (Wildman–Crippen LogP) is 3.86. The van der Waals surface area contributed by atoms with E-state index in [1.807, 2.05) is 12.1 Å². The summed E-state index contributed by atoms with van der Waals surface area (Å²) >= 11 is 0. The lowest BCUT2D eigenvalue weighted by Gasteiger charge is -2.07. The Hall–Kier alpha value is -3.61. The summed E-state index contributed by atoms with van der Waals surface area (Å²) in [6, 6.07) is 16.8. The third-order valence-electron chi connectivity index (χ3n) is 3.91. The van der Waals surface area contributed by atoms with E-state index in [2.05, 4.69) is 5.10 Å². The zero-order valence-electron chi connectivity index (χ0n) is 14.2. The van der Waals surface area contributed by atoms with E-state index in [9.17, 15) is 9.18 Å². The van der Waals surface area contributed by atoms with Crippen LogP contribution in [0.1, 0.15) is 11.1 Å². The maximum atomic E-state index is 12.9. The van der Waals surface area contributed by atoms with E-state index in [0.717, 1.165) is 11.1 Å². The van der Waals surface area contributed by atoms with Crippen molar-refractivity contribution in [2.75, 3.05) is 0 Å². The molecule has 0 aliphatic carbocycles. The predicted molar refractivity (Wildman–Crippen MR) is 94.7 cm³/mol. The van der Waals surface area contributed by atoms with E-state index in [0.29, 0.717) is 18.1 Å². The summed E-state index contributed by atoms with van der Waals surface area (Å²) < 4.78 is 30.1. The fraction of sp³-hybridized carbons (Fsp3) is 0.100. The lowest BCUT2D eigenvalue weighted by molar-refractivity contribution is 0.306. The number of ether oxygens (including phenoxy) is 1. The third-order valence-corrected chi connectivity index (χ3v) is 3.91. The second-order valence-electron chi connectivity index (χ2n) is 5.87.